The smallest absolute Gasteiger partial charge is 0.449 e. The fourth-order valence-corrected chi connectivity index (χ4v) is 0.569. The molecular formula is C5H2F3N2O2-. The van der Waals surface area contributed by atoms with Crippen molar-refractivity contribution in [2.45, 2.75) is 6.18 Å². The van der Waals surface area contributed by atoms with Crippen molar-refractivity contribution in [1.29, 1.82) is 0 Å². The summed E-state index contributed by atoms with van der Waals surface area (Å²) in [6.45, 7) is 0. The minimum atomic E-state index is -4.66. The third-order valence-corrected chi connectivity index (χ3v) is 1.06. The zero-order chi connectivity index (χ0) is 9.35. The first kappa shape index (κ1) is 8.57. The number of aromatic amines is 1. The summed E-state index contributed by atoms with van der Waals surface area (Å²) >= 11 is 0. The number of carbonyl (C=O) groups excluding carboxylic acids is 1. The lowest BCUT2D eigenvalue weighted by Crippen LogP contribution is -2.22. The molecule has 7 heteroatoms. The first-order valence-electron chi connectivity index (χ1n) is 2.75. The van der Waals surface area contributed by atoms with Crippen molar-refractivity contribution in [3.63, 3.8) is 0 Å². The third kappa shape index (κ3) is 1.55. The monoisotopic (exact) mass is 179 g/mol. The van der Waals surface area contributed by atoms with E-state index in [1.807, 2.05) is 0 Å². The Morgan fingerprint density at radius 3 is 2.42 bits per heavy atom. The maximum atomic E-state index is 11.8. The maximum Gasteiger partial charge on any atom is 0.449 e. The maximum absolute atomic E-state index is 11.8. The molecule has 0 atom stereocenters. The van der Waals surface area contributed by atoms with E-state index in [4.69, 9.17) is 0 Å². The molecule has 0 bridgehead atoms. The van der Waals surface area contributed by atoms with Crippen molar-refractivity contribution in [2.24, 2.45) is 0 Å². The fourth-order valence-electron chi connectivity index (χ4n) is 0.569. The van der Waals surface area contributed by atoms with Crippen LogP contribution in [0.4, 0.5) is 13.2 Å². The number of hydrogen-bond acceptors (Lipinski definition) is 3. The van der Waals surface area contributed by atoms with E-state index in [1.54, 1.807) is 4.98 Å². The van der Waals surface area contributed by atoms with Crippen molar-refractivity contribution in [3.8, 4) is 0 Å². The van der Waals surface area contributed by atoms with Gasteiger partial charge >= 0.3 is 6.18 Å². The highest BCUT2D eigenvalue weighted by Crippen LogP contribution is 2.25. The van der Waals surface area contributed by atoms with Gasteiger partial charge in [-0.05, 0) is 0 Å². The average Bonchev–Trinajstić information content (AvgIpc) is 2.30. The molecule has 0 radical (unpaired) electrons. The van der Waals surface area contributed by atoms with Gasteiger partial charge in [0, 0.05) is 0 Å². The summed E-state index contributed by atoms with van der Waals surface area (Å²) in [7, 11) is 0. The second kappa shape index (κ2) is 2.50. The molecule has 0 unspecified atom stereocenters. The second-order valence-corrected chi connectivity index (χ2v) is 1.93. The standard InChI is InChI=1S/C5H3F3N2O2/c6-5(7,8)4-9-1-2(10-4)3(11)12/h1H,(H,9,10)(H,11,12)/p-1. The Hall–Kier alpha value is -1.53. The molecule has 0 aromatic carbocycles. The van der Waals surface area contributed by atoms with Crippen molar-refractivity contribution in [2.75, 3.05) is 0 Å². The largest absolute Gasteiger partial charge is 0.543 e. The molecule has 0 saturated heterocycles. The van der Waals surface area contributed by atoms with Crippen LogP contribution in [0.5, 0.6) is 0 Å². The molecule has 66 valence electrons. The van der Waals surface area contributed by atoms with E-state index in [1.165, 1.54) is 0 Å². The summed E-state index contributed by atoms with van der Waals surface area (Å²) in [5.74, 6) is -3.07. The number of aromatic nitrogens is 2. The normalized spacial score (nSPS) is 11.6. The van der Waals surface area contributed by atoms with Crippen molar-refractivity contribution >= 4 is 5.97 Å². The Labute approximate surface area is 64.0 Å². The molecule has 0 spiro atoms. The van der Waals surface area contributed by atoms with Crippen LogP contribution in [0.1, 0.15) is 16.3 Å². The van der Waals surface area contributed by atoms with E-state index in [9.17, 15) is 23.1 Å². The molecule has 0 aliphatic carbocycles. The lowest BCUT2D eigenvalue weighted by molar-refractivity contribution is -0.255. The van der Waals surface area contributed by atoms with Crippen molar-refractivity contribution < 1.29 is 23.1 Å². The molecule has 0 saturated carbocycles. The number of hydrogen-bond donors (Lipinski definition) is 1. The number of halogens is 3. The first-order chi connectivity index (χ1) is 5.41. The van der Waals surface area contributed by atoms with Crippen LogP contribution in [0, 0.1) is 0 Å². The van der Waals surface area contributed by atoms with Crippen LogP contribution in [0.3, 0.4) is 0 Å². The molecule has 0 aliphatic rings. The molecule has 0 fully saturated rings. The minimum Gasteiger partial charge on any atom is -0.543 e. The van der Waals surface area contributed by atoms with Crippen molar-refractivity contribution in [3.05, 3.63) is 17.7 Å². The summed E-state index contributed by atoms with van der Waals surface area (Å²) in [6, 6.07) is 0. The summed E-state index contributed by atoms with van der Waals surface area (Å²) in [5.41, 5.74) is -0.692. The topological polar surface area (TPSA) is 68.8 Å². The van der Waals surface area contributed by atoms with Gasteiger partial charge in [0.2, 0.25) is 5.82 Å². The quantitative estimate of drug-likeness (QED) is 0.648. The average molecular weight is 179 g/mol. The lowest BCUT2D eigenvalue weighted by Gasteiger charge is -2.00. The van der Waals surface area contributed by atoms with Gasteiger partial charge in [-0.15, -0.1) is 0 Å². The van der Waals surface area contributed by atoms with Gasteiger partial charge in [0.15, 0.2) is 0 Å². The Kier molecular flexibility index (Phi) is 1.79. The number of carboxylic acids is 1. The molecule has 1 rings (SSSR count). The van der Waals surface area contributed by atoms with Crippen LogP contribution < -0.4 is 5.11 Å². The van der Waals surface area contributed by atoms with Gasteiger partial charge in [-0.3, -0.25) is 0 Å². The summed E-state index contributed by atoms with van der Waals surface area (Å²) < 4.78 is 35.3. The van der Waals surface area contributed by atoms with Gasteiger partial charge < -0.3 is 14.9 Å². The number of nitrogens with one attached hydrogen (secondary N) is 1. The molecule has 1 heterocycles. The van der Waals surface area contributed by atoms with Gasteiger partial charge in [0.25, 0.3) is 0 Å². The number of H-pyrrole nitrogens is 1. The predicted molar refractivity (Wildman–Crippen MR) is 27.9 cm³/mol. The number of imidazole rings is 1. The lowest BCUT2D eigenvalue weighted by atomic mass is 10.5. The van der Waals surface area contributed by atoms with Crippen LogP contribution in [-0.4, -0.2) is 15.9 Å². The summed E-state index contributed by atoms with van der Waals surface area (Å²) in [5, 5.41) is 9.99. The molecule has 1 N–H and O–H groups in total. The SMILES string of the molecule is O=C([O-])c1cnc(C(F)(F)F)[nH]1. The Morgan fingerprint density at radius 1 is 1.58 bits per heavy atom. The zero-order valence-corrected chi connectivity index (χ0v) is 5.47. The highest BCUT2D eigenvalue weighted by atomic mass is 19.4. The number of carbonyl (C=O) groups is 1. The Morgan fingerprint density at radius 2 is 2.17 bits per heavy atom. The van der Waals surface area contributed by atoms with Gasteiger partial charge in [-0.2, -0.15) is 13.2 Å². The third-order valence-electron chi connectivity index (χ3n) is 1.06. The predicted octanol–water partition coefficient (Wildman–Crippen LogP) is -0.208. The first-order valence-corrected chi connectivity index (χ1v) is 2.75. The number of aromatic carboxylic acids is 1. The molecule has 4 nitrogen and oxygen atoms in total. The highest BCUT2D eigenvalue weighted by molar-refractivity contribution is 5.83. The molecule has 12 heavy (non-hydrogen) atoms. The zero-order valence-electron chi connectivity index (χ0n) is 5.47. The van der Waals surface area contributed by atoms with E-state index >= 15 is 0 Å². The Balaban J connectivity index is 3.00. The summed E-state index contributed by atoms with van der Waals surface area (Å²) in [4.78, 5) is 14.4. The molecule has 1 aromatic heterocycles. The number of nitrogens with zero attached hydrogens (tertiary/aromatic N) is 1. The van der Waals surface area contributed by atoms with Gasteiger partial charge in [-0.1, -0.05) is 0 Å². The van der Waals surface area contributed by atoms with Gasteiger partial charge in [-0.25, -0.2) is 4.98 Å². The molecule has 0 aliphatic heterocycles. The van der Waals surface area contributed by atoms with E-state index in [0.29, 0.717) is 6.20 Å². The highest BCUT2D eigenvalue weighted by Gasteiger charge is 2.34. The molecule has 0 amide bonds. The van der Waals surface area contributed by atoms with Gasteiger partial charge in [0.05, 0.1) is 17.9 Å². The van der Waals surface area contributed by atoms with Crippen LogP contribution >= 0.6 is 0 Å². The second-order valence-electron chi connectivity index (χ2n) is 1.93. The fraction of sp³-hybridized carbons (Fsp3) is 0.200. The summed E-state index contributed by atoms with van der Waals surface area (Å²) in [6.07, 6.45) is -4.11. The molecular weight excluding hydrogens is 177 g/mol. The van der Waals surface area contributed by atoms with E-state index in [-0.39, 0.29) is 0 Å². The van der Waals surface area contributed by atoms with Crippen LogP contribution in [0.2, 0.25) is 0 Å². The van der Waals surface area contributed by atoms with Gasteiger partial charge in [0.1, 0.15) is 0 Å². The van der Waals surface area contributed by atoms with E-state index < -0.39 is 23.7 Å². The van der Waals surface area contributed by atoms with Crippen LogP contribution in [-0.2, 0) is 6.18 Å². The number of carboxylic acid groups (broad SMARTS) is 1. The van der Waals surface area contributed by atoms with E-state index in [0.717, 1.165) is 0 Å². The van der Waals surface area contributed by atoms with Crippen LogP contribution in [0.15, 0.2) is 6.20 Å². The molecule has 1 aromatic rings. The van der Waals surface area contributed by atoms with E-state index in [2.05, 4.69) is 4.98 Å². The number of rotatable bonds is 1. The van der Waals surface area contributed by atoms with Crippen LogP contribution in [0.25, 0.3) is 0 Å². The van der Waals surface area contributed by atoms with Crippen molar-refractivity contribution in [1.82, 2.24) is 9.97 Å². The number of alkyl halides is 3. The Bertz CT molecular complexity index is 304. The minimum absolute atomic E-state index is 0.554.